The van der Waals surface area contributed by atoms with E-state index in [1.54, 1.807) is 17.0 Å². The van der Waals surface area contributed by atoms with Crippen molar-refractivity contribution in [3.05, 3.63) is 33.9 Å². The van der Waals surface area contributed by atoms with Crippen LogP contribution in [0.1, 0.15) is 18.4 Å². The molecule has 6 heteroatoms. The highest BCUT2D eigenvalue weighted by molar-refractivity contribution is 9.09. The molecule has 1 heterocycles. The molecular weight excluding hydrogens is 300 g/mol. The van der Waals surface area contributed by atoms with E-state index in [9.17, 15) is 14.9 Å². The number of non-ortho nitro benzene ring substituents is 1. The first kappa shape index (κ1) is 13.0. The average molecular weight is 313 g/mol. The largest absolute Gasteiger partial charge is 0.312 e. The van der Waals surface area contributed by atoms with Gasteiger partial charge >= 0.3 is 0 Å². The Bertz CT molecular complexity index is 490. The molecule has 0 aromatic heterocycles. The van der Waals surface area contributed by atoms with Crippen LogP contribution in [0, 0.1) is 10.1 Å². The fraction of sp³-hybridized carbons (Fsp3) is 0.417. The van der Waals surface area contributed by atoms with Gasteiger partial charge in [0.05, 0.1) is 4.92 Å². The van der Waals surface area contributed by atoms with Gasteiger partial charge in [-0.3, -0.25) is 14.9 Å². The van der Waals surface area contributed by atoms with Crippen LogP contribution in [-0.4, -0.2) is 22.7 Å². The van der Waals surface area contributed by atoms with Crippen LogP contribution >= 0.6 is 15.9 Å². The summed E-state index contributed by atoms with van der Waals surface area (Å²) in [5.74, 6) is 0.0947. The summed E-state index contributed by atoms with van der Waals surface area (Å²) >= 11 is 3.34. The van der Waals surface area contributed by atoms with Gasteiger partial charge in [-0.15, -0.1) is 0 Å². The summed E-state index contributed by atoms with van der Waals surface area (Å²) in [5.41, 5.74) is 1.79. The zero-order chi connectivity index (χ0) is 13.1. The van der Waals surface area contributed by atoms with Gasteiger partial charge < -0.3 is 4.90 Å². The van der Waals surface area contributed by atoms with E-state index in [0.29, 0.717) is 19.4 Å². The van der Waals surface area contributed by atoms with Gasteiger partial charge in [0.1, 0.15) is 0 Å². The van der Waals surface area contributed by atoms with Crippen LogP contribution < -0.4 is 4.90 Å². The highest BCUT2D eigenvalue weighted by atomic mass is 79.9. The van der Waals surface area contributed by atoms with E-state index >= 15 is 0 Å². The smallest absolute Gasteiger partial charge is 0.269 e. The lowest BCUT2D eigenvalue weighted by molar-refractivity contribution is -0.384. The molecule has 1 aromatic rings. The van der Waals surface area contributed by atoms with Gasteiger partial charge in [-0.1, -0.05) is 15.9 Å². The first-order valence-electron chi connectivity index (χ1n) is 5.77. The number of aryl methyl sites for hydroxylation is 1. The standard InChI is InChI=1S/C12H13BrN2O3/c13-6-1-7-14-11-4-3-10(15(17)18)8-9(11)2-5-12(14)16/h3-4,8H,1-2,5-7H2. The number of hydrogen-bond donors (Lipinski definition) is 0. The van der Waals surface area contributed by atoms with E-state index < -0.39 is 4.92 Å². The second kappa shape index (κ2) is 5.48. The topological polar surface area (TPSA) is 63.4 Å². The van der Waals surface area contributed by atoms with Crippen LogP contribution in [0.2, 0.25) is 0 Å². The zero-order valence-electron chi connectivity index (χ0n) is 9.76. The maximum atomic E-state index is 11.9. The lowest BCUT2D eigenvalue weighted by Crippen LogP contribution is -2.36. The van der Waals surface area contributed by atoms with Crippen molar-refractivity contribution < 1.29 is 9.72 Å². The minimum atomic E-state index is -0.403. The number of anilines is 1. The Hall–Kier alpha value is -1.43. The Labute approximate surface area is 113 Å². The van der Waals surface area contributed by atoms with Crippen molar-refractivity contribution in [1.82, 2.24) is 0 Å². The molecule has 0 fully saturated rings. The minimum Gasteiger partial charge on any atom is -0.312 e. The quantitative estimate of drug-likeness (QED) is 0.488. The van der Waals surface area contributed by atoms with Gasteiger partial charge in [-0.2, -0.15) is 0 Å². The molecule has 0 spiro atoms. The van der Waals surface area contributed by atoms with E-state index in [4.69, 9.17) is 0 Å². The molecule has 0 saturated heterocycles. The van der Waals surface area contributed by atoms with E-state index in [-0.39, 0.29) is 11.6 Å². The van der Waals surface area contributed by atoms with Gasteiger partial charge in [0, 0.05) is 36.1 Å². The summed E-state index contributed by atoms with van der Waals surface area (Å²) in [6, 6.07) is 4.71. The minimum absolute atomic E-state index is 0.0866. The molecule has 1 aliphatic heterocycles. The third-order valence-corrected chi connectivity index (χ3v) is 3.55. The third kappa shape index (κ3) is 2.53. The summed E-state index contributed by atoms with van der Waals surface area (Å²) in [5, 5.41) is 11.6. The van der Waals surface area contributed by atoms with Crippen molar-refractivity contribution in [2.24, 2.45) is 0 Å². The average Bonchev–Trinajstić information content (AvgIpc) is 2.37. The zero-order valence-corrected chi connectivity index (χ0v) is 11.4. The number of hydrogen-bond acceptors (Lipinski definition) is 3. The van der Waals surface area contributed by atoms with Crippen molar-refractivity contribution in [1.29, 1.82) is 0 Å². The summed E-state index contributed by atoms with van der Waals surface area (Å²) < 4.78 is 0. The molecule has 96 valence electrons. The van der Waals surface area contributed by atoms with Crippen LogP contribution in [0.3, 0.4) is 0 Å². The number of alkyl halides is 1. The Morgan fingerprint density at radius 3 is 2.83 bits per heavy atom. The Morgan fingerprint density at radius 2 is 2.17 bits per heavy atom. The first-order valence-corrected chi connectivity index (χ1v) is 6.89. The molecule has 5 nitrogen and oxygen atoms in total. The number of fused-ring (bicyclic) bond motifs is 1. The van der Waals surface area contributed by atoms with E-state index in [1.807, 2.05) is 0 Å². The van der Waals surface area contributed by atoms with Crippen molar-refractivity contribution in [3.8, 4) is 0 Å². The molecule has 0 N–H and O–H groups in total. The molecule has 1 aliphatic rings. The molecule has 1 aromatic carbocycles. The van der Waals surface area contributed by atoms with Crippen molar-refractivity contribution >= 4 is 33.2 Å². The van der Waals surface area contributed by atoms with Gasteiger partial charge in [-0.25, -0.2) is 0 Å². The molecule has 0 radical (unpaired) electrons. The van der Waals surface area contributed by atoms with Gasteiger partial charge in [-0.05, 0) is 24.5 Å². The predicted molar refractivity (Wildman–Crippen MR) is 72.2 cm³/mol. The maximum absolute atomic E-state index is 11.9. The molecule has 0 aliphatic carbocycles. The van der Waals surface area contributed by atoms with E-state index in [2.05, 4.69) is 15.9 Å². The van der Waals surface area contributed by atoms with Gasteiger partial charge in [0.2, 0.25) is 5.91 Å². The number of nitro groups is 1. The molecule has 0 bridgehead atoms. The summed E-state index contributed by atoms with van der Waals surface area (Å²) in [4.78, 5) is 23.9. The van der Waals surface area contributed by atoms with Gasteiger partial charge in [0.15, 0.2) is 0 Å². The highest BCUT2D eigenvalue weighted by Crippen LogP contribution is 2.31. The van der Waals surface area contributed by atoms with Crippen molar-refractivity contribution in [2.75, 3.05) is 16.8 Å². The Balaban J connectivity index is 2.32. The highest BCUT2D eigenvalue weighted by Gasteiger charge is 2.25. The number of amides is 1. The monoisotopic (exact) mass is 312 g/mol. The van der Waals surface area contributed by atoms with Crippen molar-refractivity contribution in [3.63, 3.8) is 0 Å². The van der Waals surface area contributed by atoms with Crippen LogP contribution in [0.25, 0.3) is 0 Å². The lowest BCUT2D eigenvalue weighted by Gasteiger charge is -2.29. The normalized spacial score (nSPS) is 14.5. The van der Waals surface area contributed by atoms with Gasteiger partial charge in [0.25, 0.3) is 5.69 Å². The van der Waals surface area contributed by atoms with Crippen LogP contribution in [0.4, 0.5) is 11.4 Å². The Kier molecular flexibility index (Phi) is 3.96. The van der Waals surface area contributed by atoms with Crippen molar-refractivity contribution in [2.45, 2.75) is 19.3 Å². The molecular formula is C12H13BrN2O3. The molecule has 1 amide bonds. The number of nitrogens with zero attached hydrogens (tertiary/aromatic N) is 2. The second-order valence-corrected chi connectivity index (χ2v) is 4.95. The number of rotatable bonds is 4. The number of carbonyl (C=O) groups is 1. The maximum Gasteiger partial charge on any atom is 0.269 e. The molecule has 0 unspecified atom stereocenters. The van der Waals surface area contributed by atoms with Crippen LogP contribution in [0.15, 0.2) is 18.2 Å². The lowest BCUT2D eigenvalue weighted by atomic mass is 10.0. The van der Waals surface area contributed by atoms with Crippen LogP contribution in [-0.2, 0) is 11.2 Å². The van der Waals surface area contributed by atoms with Crippen LogP contribution in [0.5, 0.6) is 0 Å². The summed E-state index contributed by atoms with van der Waals surface area (Å²) in [6.45, 7) is 0.648. The second-order valence-electron chi connectivity index (χ2n) is 4.16. The fourth-order valence-electron chi connectivity index (χ4n) is 2.12. The molecule has 0 saturated carbocycles. The first-order chi connectivity index (χ1) is 8.63. The fourth-order valence-corrected chi connectivity index (χ4v) is 2.37. The SMILES string of the molecule is O=C1CCc2cc([N+](=O)[O-])ccc2N1CCCBr. The summed E-state index contributed by atoms with van der Waals surface area (Å²) in [7, 11) is 0. The Morgan fingerprint density at radius 1 is 1.39 bits per heavy atom. The number of carbonyl (C=O) groups excluding carboxylic acids is 1. The molecule has 18 heavy (non-hydrogen) atoms. The number of halogens is 1. The van der Waals surface area contributed by atoms with E-state index in [1.165, 1.54) is 6.07 Å². The molecule has 2 rings (SSSR count). The number of nitro benzene ring substituents is 1. The summed E-state index contributed by atoms with van der Waals surface area (Å²) in [6.07, 6.45) is 1.87. The third-order valence-electron chi connectivity index (χ3n) is 2.99. The molecule has 0 atom stereocenters. The number of benzene rings is 1. The van der Waals surface area contributed by atoms with E-state index in [0.717, 1.165) is 23.0 Å². The predicted octanol–water partition coefficient (Wildman–Crippen LogP) is 2.66.